The zero-order valence-corrected chi connectivity index (χ0v) is 12.3. The maximum absolute atomic E-state index is 10.3. The van der Waals surface area contributed by atoms with Gasteiger partial charge in [0.25, 0.3) is 0 Å². The molecule has 0 bridgehead atoms. The molecule has 0 amide bonds. The first-order chi connectivity index (χ1) is 9.09. The summed E-state index contributed by atoms with van der Waals surface area (Å²) in [6, 6.07) is 3.68. The second-order valence-corrected chi connectivity index (χ2v) is 5.51. The van der Waals surface area contributed by atoms with Gasteiger partial charge in [0, 0.05) is 12.8 Å². The molecule has 0 unspecified atom stereocenters. The van der Waals surface area contributed by atoms with Gasteiger partial charge in [-0.25, -0.2) is 0 Å². The van der Waals surface area contributed by atoms with E-state index in [1.807, 2.05) is 37.6 Å². The first-order valence-corrected chi connectivity index (χ1v) is 7.36. The van der Waals surface area contributed by atoms with Crippen LogP contribution in [0.1, 0.15) is 26.7 Å². The van der Waals surface area contributed by atoms with Gasteiger partial charge >= 0.3 is 0 Å². The summed E-state index contributed by atoms with van der Waals surface area (Å²) >= 11 is 1.52. The molecule has 2 aromatic heterocycles. The van der Waals surface area contributed by atoms with E-state index in [1.54, 1.807) is 6.26 Å². The highest BCUT2D eigenvalue weighted by Crippen LogP contribution is 2.27. The Bertz CT molecular complexity index is 518. The summed E-state index contributed by atoms with van der Waals surface area (Å²) in [4.78, 5) is 0. The van der Waals surface area contributed by atoms with E-state index < -0.39 is 5.60 Å². The van der Waals surface area contributed by atoms with Crippen LogP contribution >= 0.6 is 11.8 Å². The van der Waals surface area contributed by atoms with Crippen molar-refractivity contribution in [3.63, 3.8) is 0 Å². The van der Waals surface area contributed by atoms with Crippen molar-refractivity contribution in [3.8, 4) is 11.6 Å². The maximum atomic E-state index is 10.3. The molecule has 0 saturated heterocycles. The molecule has 5 nitrogen and oxygen atoms in total. The van der Waals surface area contributed by atoms with E-state index in [-0.39, 0.29) is 0 Å². The van der Waals surface area contributed by atoms with Crippen molar-refractivity contribution in [3.05, 3.63) is 18.4 Å². The molecule has 0 saturated carbocycles. The Labute approximate surface area is 117 Å². The minimum Gasteiger partial charge on any atom is -0.461 e. The van der Waals surface area contributed by atoms with Crippen LogP contribution in [0.15, 0.2) is 28.0 Å². The fraction of sp³-hybridized carbons (Fsp3) is 0.538. The van der Waals surface area contributed by atoms with E-state index in [9.17, 15) is 5.11 Å². The summed E-state index contributed by atoms with van der Waals surface area (Å²) in [5.74, 6) is 2.01. The highest BCUT2D eigenvalue weighted by molar-refractivity contribution is 7.99. The van der Waals surface area contributed by atoms with Gasteiger partial charge in [0.05, 0.1) is 11.9 Å². The molecule has 0 aromatic carbocycles. The molecule has 0 aliphatic rings. The number of nitrogens with zero attached hydrogens (tertiary/aromatic N) is 3. The van der Waals surface area contributed by atoms with Gasteiger partial charge < -0.3 is 14.1 Å². The number of hydrogen-bond donors (Lipinski definition) is 1. The fourth-order valence-corrected chi connectivity index (χ4v) is 2.90. The fourth-order valence-electron chi connectivity index (χ4n) is 1.71. The summed E-state index contributed by atoms with van der Waals surface area (Å²) < 4.78 is 7.20. The molecule has 0 aliphatic carbocycles. The van der Waals surface area contributed by atoms with E-state index in [1.165, 1.54) is 11.8 Å². The molecule has 6 heteroatoms. The summed E-state index contributed by atoms with van der Waals surface area (Å²) in [6.45, 7) is 3.99. The van der Waals surface area contributed by atoms with E-state index >= 15 is 0 Å². The standard InChI is InChI=1S/C13H19N3O2S/c1-4-13(17,5-2)9-19-12-15-14-11(16(12)3)10-7-6-8-18-10/h6-8,17H,4-5,9H2,1-3H3. The zero-order chi connectivity index (χ0) is 13.9. The van der Waals surface area contributed by atoms with Gasteiger partial charge in [0.15, 0.2) is 16.7 Å². The number of rotatable bonds is 6. The van der Waals surface area contributed by atoms with Crippen LogP contribution in [-0.4, -0.2) is 31.2 Å². The zero-order valence-electron chi connectivity index (χ0n) is 11.5. The van der Waals surface area contributed by atoms with E-state index in [0.717, 1.165) is 18.0 Å². The Morgan fingerprint density at radius 2 is 2.11 bits per heavy atom. The Balaban J connectivity index is 2.11. The summed E-state index contributed by atoms with van der Waals surface area (Å²) in [5.41, 5.74) is -0.637. The second-order valence-electron chi connectivity index (χ2n) is 4.56. The Hall–Kier alpha value is -1.27. The molecule has 104 valence electrons. The van der Waals surface area contributed by atoms with Crippen LogP contribution in [-0.2, 0) is 7.05 Å². The first kappa shape index (κ1) is 14.1. The summed E-state index contributed by atoms with van der Waals surface area (Å²) in [5, 5.41) is 19.3. The number of aromatic nitrogens is 3. The predicted molar refractivity (Wildman–Crippen MR) is 75.0 cm³/mol. The highest BCUT2D eigenvalue weighted by atomic mass is 32.2. The molecule has 2 heterocycles. The monoisotopic (exact) mass is 281 g/mol. The third kappa shape index (κ3) is 3.01. The largest absolute Gasteiger partial charge is 0.461 e. The molecule has 1 N–H and O–H groups in total. The molecule has 19 heavy (non-hydrogen) atoms. The van der Waals surface area contributed by atoms with Crippen LogP contribution in [0, 0.1) is 0 Å². The minimum atomic E-state index is -0.637. The lowest BCUT2D eigenvalue weighted by Crippen LogP contribution is -2.29. The van der Waals surface area contributed by atoms with Crippen LogP contribution < -0.4 is 0 Å². The summed E-state index contributed by atoms with van der Waals surface area (Å²) in [6.07, 6.45) is 3.09. The van der Waals surface area contributed by atoms with Crippen LogP contribution in [0.3, 0.4) is 0 Å². The quantitative estimate of drug-likeness (QED) is 0.825. The molecule has 0 radical (unpaired) electrons. The van der Waals surface area contributed by atoms with E-state index in [0.29, 0.717) is 17.3 Å². The van der Waals surface area contributed by atoms with Gasteiger partial charge in [-0.3, -0.25) is 0 Å². The van der Waals surface area contributed by atoms with Crippen LogP contribution in [0.2, 0.25) is 0 Å². The molecule has 0 spiro atoms. The Kier molecular flexibility index (Phi) is 4.31. The Morgan fingerprint density at radius 1 is 1.37 bits per heavy atom. The van der Waals surface area contributed by atoms with Crippen LogP contribution in [0.5, 0.6) is 0 Å². The molecule has 0 aliphatic heterocycles. The van der Waals surface area contributed by atoms with Crippen molar-refractivity contribution in [2.24, 2.45) is 7.05 Å². The Morgan fingerprint density at radius 3 is 2.68 bits per heavy atom. The van der Waals surface area contributed by atoms with Gasteiger partial charge in [0.2, 0.25) is 0 Å². The lowest BCUT2D eigenvalue weighted by Gasteiger charge is -2.24. The van der Waals surface area contributed by atoms with Crippen molar-refractivity contribution in [2.45, 2.75) is 37.4 Å². The topological polar surface area (TPSA) is 64.1 Å². The molecule has 0 fully saturated rings. The lowest BCUT2D eigenvalue weighted by atomic mass is 10.0. The van der Waals surface area contributed by atoms with Crippen molar-refractivity contribution >= 4 is 11.8 Å². The molecule has 2 rings (SSSR count). The minimum absolute atomic E-state index is 0.615. The van der Waals surface area contributed by atoms with E-state index in [2.05, 4.69) is 10.2 Å². The van der Waals surface area contributed by atoms with Crippen LogP contribution in [0.25, 0.3) is 11.6 Å². The molecular formula is C13H19N3O2S. The van der Waals surface area contributed by atoms with Gasteiger partial charge in [-0.15, -0.1) is 10.2 Å². The molecule has 2 aromatic rings. The number of thioether (sulfide) groups is 1. The number of aliphatic hydroxyl groups is 1. The number of hydrogen-bond acceptors (Lipinski definition) is 5. The first-order valence-electron chi connectivity index (χ1n) is 6.38. The summed E-state index contributed by atoms with van der Waals surface area (Å²) in [7, 11) is 1.90. The third-order valence-corrected chi connectivity index (χ3v) is 4.66. The van der Waals surface area contributed by atoms with E-state index in [4.69, 9.17) is 4.42 Å². The smallest absolute Gasteiger partial charge is 0.200 e. The second kappa shape index (κ2) is 5.79. The van der Waals surface area contributed by atoms with Gasteiger partial charge in [-0.05, 0) is 25.0 Å². The lowest BCUT2D eigenvalue weighted by molar-refractivity contribution is 0.0571. The SMILES string of the molecule is CCC(O)(CC)CSc1nnc(-c2ccco2)n1C. The normalized spacial score (nSPS) is 12.0. The number of furan rings is 1. The average molecular weight is 281 g/mol. The average Bonchev–Trinajstić information content (AvgIpc) is 3.06. The van der Waals surface area contributed by atoms with Crippen molar-refractivity contribution < 1.29 is 9.52 Å². The maximum Gasteiger partial charge on any atom is 0.200 e. The van der Waals surface area contributed by atoms with Gasteiger partial charge in [0.1, 0.15) is 0 Å². The third-order valence-electron chi connectivity index (χ3n) is 3.36. The van der Waals surface area contributed by atoms with Crippen LogP contribution in [0.4, 0.5) is 0 Å². The van der Waals surface area contributed by atoms with Crippen molar-refractivity contribution in [1.29, 1.82) is 0 Å². The predicted octanol–water partition coefficient (Wildman–Crippen LogP) is 2.72. The van der Waals surface area contributed by atoms with Crippen molar-refractivity contribution in [2.75, 3.05) is 5.75 Å². The van der Waals surface area contributed by atoms with Gasteiger partial charge in [-0.1, -0.05) is 25.6 Å². The van der Waals surface area contributed by atoms with Crippen molar-refractivity contribution in [1.82, 2.24) is 14.8 Å². The molecular weight excluding hydrogens is 262 g/mol. The highest BCUT2D eigenvalue weighted by Gasteiger charge is 2.24. The van der Waals surface area contributed by atoms with Gasteiger partial charge in [-0.2, -0.15) is 0 Å². The molecule has 0 atom stereocenters.